The largest absolute Gasteiger partial charge is 0.336 e. The number of rotatable bonds is 5. The fourth-order valence-electron chi connectivity index (χ4n) is 3.63. The van der Waals surface area contributed by atoms with Gasteiger partial charge in [-0.15, -0.1) is 11.3 Å². The van der Waals surface area contributed by atoms with Gasteiger partial charge in [0.15, 0.2) is 0 Å². The predicted octanol–water partition coefficient (Wildman–Crippen LogP) is 4.86. The van der Waals surface area contributed by atoms with Gasteiger partial charge in [-0.2, -0.15) is 0 Å². The highest BCUT2D eigenvalue weighted by atomic mass is 32.1. The Balaban J connectivity index is 1.43. The highest BCUT2D eigenvalue weighted by Gasteiger charge is 2.24. The van der Waals surface area contributed by atoms with Crippen LogP contribution in [0.1, 0.15) is 23.8 Å². The van der Waals surface area contributed by atoms with Gasteiger partial charge in [-0.3, -0.25) is 4.90 Å². The van der Waals surface area contributed by atoms with E-state index in [9.17, 15) is 4.79 Å². The van der Waals surface area contributed by atoms with Gasteiger partial charge in [0, 0.05) is 16.8 Å². The lowest BCUT2D eigenvalue weighted by atomic mass is 10.1. The molecule has 1 aliphatic heterocycles. The maximum Gasteiger partial charge on any atom is 0.319 e. The van der Waals surface area contributed by atoms with E-state index < -0.39 is 0 Å². The van der Waals surface area contributed by atoms with Crippen LogP contribution < -0.4 is 10.6 Å². The first kappa shape index (κ1) is 17.1. The van der Waals surface area contributed by atoms with E-state index in [1.165, 1.54) is 17.7 Å². The number of hydrogen-bond donors (Lipinski definition) is 2. The topological polar surface area (TPSA) is 44.4 Å². The fourth-order valence-corrected chi connectivity index (χ4v) is 4.49. The molecule has 0 spiro atoms. The van der Waals surface area contributed by atoms with E-state index in [-0.39, 0.29) is 12.1 Å². The molecule has 1 aliphatic rings. The first-order valence-electron chi connectivity index (χ1n) is 9.11. The molecule has 0 radical (unpaired) electrons. The van der Waals surface area contributed by atoms with E-state index in [0.717, 1.165) is 29.5 Å². The third kappa shape index (κ3) is 3.74. The summed E-state index contributed by atoms with van der Waals surface area (Å²) in [7, 11) is 0. The van der Waals surface area contributed by atoms with E-state index in [0.29, 0.717) is 6.54 Å². The zero-order valence-corrected chi connectivity index (χ0v) is 15.5. The first-order valence-corrected chi connectivity index (χ1v) is 9.99. The van der Waals surface area contributed by atoms with Gasteiger partial charge in [-0.25, -0.2) is 4.79 Å². The van der Waals surface area contributed by atoms with Crippen LogP contribution in [0.15, 0.2) is 60.0 Å². The van der Waals surface area contributed by atoms with Crippen LogP contribution >= 0.6 is 11.3 Å². The molecule has 134 valence electrons. The van der Waals surface area contributed by atoms with Crippen molar-refractivity contribution in [3.05, 3.63) is 64.9 Å². The standard InChI is InChI=1S/C21H23N3OS/c25-21(23-18-10-5-8-16-7-1-2-9-17(16)18)22-15-19(20-11-6-14-26-20)24-12-3-4-13-24/h1-2,5-11,14,19H,3-4,12-13,15H2,(H2,22,23,25)/t19-/m1/s1. The summed E-state index contributed by atoms with van der Waals surface area (Å²) in [6, 6.07) is 18.4. The number of benzene rings is 2. The van der Waals surface area contributed by atoms with Crippen molar-refractivity contribution in [3.63, 3.8) is 0 Å². The number of carbonyl (C=O) groups excluding carboxylic acids is 1. The number of amides is 2. The van der Waals surface area contributed by atoms with E-state index in [2.05, 4.69) is 45.2 Å². The summed E-state index contributed by atoms with van der Waals surface area (Å²) < 4.78 is 0. The Bertz CT molecular complexity index is 867. The monoisotopic (exact) mass is 365 g/mol. The molecule has 0 unspecified atom stereocenters. The minimum Gasteiger partial charge on any atom is -0.336 e. The molecule has 3 aromatic rings. The van der Waals surface area contributed by atoms with Gasteiger partial charge in [0.05, 0.1) is 11.7 Å². The second-order valence-electron chi connectivity index (χ2n) is 6.64. The molecule has 0 aliphatic carbocycles. The van der Waals surface area contributed by atoms with Crippen molar-refractivity contribution in [2.45, 2.75) is 18.9 Å². The summed E-state index contributed by atoms with van der Waals surface area (Å²) in [5, 5.41) is 10.4. The number of hydrogen-bond acceptors (Lipinski definition) is 3. The summed E-state index contributed by atoms with van der Waals surface area (Å²) in [5.41, 5.74) is 0.842. The Kier molecular flexibility index (Phi) is 5.18. The van der Waals surface area contributed by atoms with Crippen molar-refractivity contribution < 1.29 is 4.79 Å². The molecule has 2 amide bonds. The molecule has 4 rings (SSSR count). The molecule has 0 bridgehead atoms. The normalized spacial score (nSPS) is 15.8. The SMILES string of the molecule is O=C(NC[C@H](c1cccs1)N1CCCC1)Nc1cccc2ccccc12. The van der Waals surface area contributed by atoms with Gasteiger partial charge < -0.3 is 10.6 Å². The fraction of sp³-hybridized carbons (Fsp3) is 0.286. The summed E-state index contributed by atoms with van der Waals surface area (Å²) in [6.45, 7) is 2.83. The van der Waals surface area contributed by atoms with Crippen molar-refractivity contribution >= 4 is 33.8 Å². The Hall–Kier alpha value is -2.37. The number of thiophene rings is 1. The molecule has 5 heteroatoms. The lowest BCUT2D eigenvalue weighted by Crippen LogP contribution is -2.38. The molecule has 1 saturated heterocycles. The van der Waals surface area contributed by atoms with Gasteiger partial charge in [-0.05, 0) is 48.8 Å². The van der Waals surface area contributed by atoms with Crippen LogP contribution in [0.3, 0.4) is 0 Å². The lowest BCUT2D eigenvalue weighted by molar-refractivity contribution is 0.229. The average molecular weight is 366 g/mol. The van der Waals surface area contributed by atoms with Gasteiger partial charge in [0.25, 0.3) is 0 Å². The lowest BCUT2D eigenvalue weighted by Gasteiger charge is -2.27. The van der Waals surface area contributed by atoms with Crippen molar-refractivity contribution in [1.82, 2.24) is 10.2 Å². The number of urea groups is 1. The Morgan fingerprint density at radius 3 is 2.65 bits per heavy atom. The molecule has 26 heavy (non-hydrogen) atoms. The van der Waals surface area contributed by atoms with Crippen LogP contribution in [0.25, 0.3) is 10.8 Å². The zero-order valence-electron chi connectivity index (χ0n) is 14.7. The van der Waals surface area contributed by atoms with Gasteiger partial charge in [0.1, 0.15) is 0 Å². The van der Waals surface area contributed by atoms with Crippen LogP contribution in [0, 0.1) is 0 Å². The molecule has 1 fully saturated rings. The summed E-state index contributed by atoms with van der Waals surface area (Å²) in [4.78, 5) is 16.3. The number of carbonyl (C=O) groups is 1. The molecule has 2 N–H and O–H groups in total. The maximum absolute atomic E-state index is 12.5. The van der Waals surface area contributed by atoms with Crippen LogP contribution in [-0.2, 0) is 0 Å². The highest BCUT2D eigenvalue weighted by molar-refractivity contribution is 7.10. The molecule has 1 aromatic heterocycles. The smallest absolute Gasteiger partial charge is 0.319 e. The number of anilines is 1. The van der Waals surface area contributed by atoms with Crippen LogP contribution in [-0.4, -0.2) is 30.6 Å². The van der Waals surface area contributed by atoms with Crippen LogP contribution in [0.2, 0.25) is 0 Å². The number of likely N-dealkylation sites (tertiary alicyclic amines) is 1. The number of nitrogens with zero attached hydrogens (tertiary/aromatic N) is 1. The quantitative estimate of drug-likeness (QED) is 0.678. The second-order valence-corrected chi connectivity index (χ2v) is 7.62. The summed E-state index contributed by atoms with van der Waals surface area (Å²) in [6.07, 6.45) is 2.48. The summed E-state index contributed by atoms with van der Waals surface area (Å²) in [5.74, 6) is 0. The number of nitrogens with one attached hydrogen (secondary N) is 2. The minimum atomic E-state index is -0.151. The van der Waals surface area contributed by atoms with E-state index in [1.807, 2.05) is 30.3 Å². The van der Waals surface area contributed by atoms with Gasteiger partial charge >= 0.3 is 6.03 Å². The molecular weight excluding hydrogens is 342 g/mol. The molecule has 1 atom stereocenters. The van der Waals surface area contributed by atoms with Gasteiger partial charge in [-0.1, -0.05) is 42.5 Å². The van der Waals surface area contributed by atoms with E-state index >= 15 is 0 Å². The van der Waals surface area contributed by atoms with E-state index in [4.69, 9.17) is 0 Å². The molecule has 4 nitrogen and oxygen atoms in total. The Morgan fingerprint density at radius 2 is 1.85 bits per heavy atom. The summed E-state index contributed by atoms with van der Waals surface area (Å²) >= 11 is 1.76. The average Bonchev–Trinajstić information content (AvgIpc) is 3.37. The maximum atomic E-state index is 12.5. The van der Waals surface area contributed by atoms with Crippen molar-refractivity contribution in [1.29, 1.82) is 0 Å². The molecule has 2 heterocycles. The van der Waals surface area contributed by atoms with Crippen molar-refractivity contribution in [2.24, 2.45) is 0 Å². The first-order chi connectivity index (χ1) is 12.8. The van der Waals surface area contributed by atoms with Crippen LogP contribution in [0.5, 0.6) is 0 Å². The number of fused-ring (bicyclic) bond motifs is 1. The minimum absolute atomic E-state index is 0.151. The van der Waals surface area contributed by atoms with Crippen molar-refractivity contribution in [2.75, 3.05) is 25.0 Å². The molecule has 0 saturated carbocycles. The highest BCUT2D eigenvalue weighted by Crippen LogP contribution is 2.28. The Morgan fingerprint density at radius 1 is 1.04 bits per heavy atom. The molecular formula is C21H23N3OS. The van der Waals surface area contributed by atoms with Crippen molar-refractivity contribution in [3.8, 4) is 0 Å². The predicted molar refractivity (Wildman–Crippen MR) is 109 cm³/mol. The van der Waals surface area contributed by atoms with E-state index in [1.54, 1.807) is 11.3 Å². The molecule has 2 aromatic carbocycles. The van der Waals surface area contributed by atoms with Crippen LogP contribution in [0.4, 0.5) is 10.5 Å². The second kappa shape index (κ2) is 7.89. The third-order valence-corrected chi connectivity index (χ3v) is 5.92. The van der Waals surface area contributed by atoms with Gasteiger partial charge in [0.2, 0.25) is 0 Å². The third-order valence-electron chi connectivity index (χ3n) is 4.95. The Labute approximate surface area is 157 Å². The zero-order chi connectivity index (χ0) is 17.8.